The van der Waals surface area contributed by atoms with Crippen molar-refractivity contribution in [2.24, 2.45) is 0 Å². The summed E-state index contributed by atoms with van der Waals surface area (Å²) < 4.78 is 0. The molecule has 1 N–H and O–H groups in total. The molecule has 0 bridgehead atoms. The van der Waals surface area contributed by atoms with E-state index in [1.807, 2.05) is 0 Å². The Hall–Kier alpha value is 0.250. The molecule has 1 nitrogen and oxygen atoms in total. The molecule has 1 atom stereocenters. The van der Waals surface area contributed by atoms with E-state index < -0.39 is 0 Å². The van der Waals surface area contributed by atoms with Crippen molar-refractivity contribution < 1.29 is 0 Å². The smallest absolute Gasteiger partial charge is 0.0406 e. The number of hydrogen-bond donors (Lipinski definition) is 1. The van der Waals surface area contributed by atoms with Gasteiger partial charge in [-0.15, -0.1) is 11.6 Å². The largest absolute Gasteiger partial charge is 0.308 e. The Morgan fingerprint density at radius 2 is 2.18 bits per heavy atom. The molecule has 0 aromatic heterocycles. The van der Waals surface area contributed by atoms with Gasteiger partial charge in [0.25, 0.3) is 0 Å². The van der Waals surface area contributed by atoms with Crippen LogP contribution in [0.1, 0.15) is 39.5 Å². The number of halogens is 1. The minimum absolute atomic E-state index is 0.303. The summed E-state index contributed by atoms with van der Waals surface area (Å²) in [7, 11) is 0. The molecule has 0 radical (unpaired) electrons. The molecule has 0 amide bonds. The molecule has 0 saturated heterocycles. The van der Waals surface area contributed by atoms with Gasteiger partial charge < -0.3 is 5.32 Å². The van der Waals surface area contributed by atoms with Gasteiger partial charge in [0.05, 0.1) is 0 Å². The van der Waals surface area contributed by atoms with Crippen LogP contribution in [0.2, 0.25) is 0 Å². The minimum Gasteiger partial charge on any atom is -0.308 e. The van der Waals surface area contributed by atoms with Crippen LogP contribution in [0, 0.1) is 0 Å². The second kappa shape index (κ2) is 3.77. The number of hydrogen-bond acceptors (Lipinski definition) is 1. The second-order valence-corrected chi connectivity index (χ2v) is 3.99. The first-order chi connectivity index (χ1) is 5.22. The van der Waals surface area contributed by atoms with Gasteiger partial charge in [0.1, 0.15) is 0 Å². The van der Waals surface area contributed by atoms with Crippen molar-refractivity contribution >= 4 is 11.6 Å². The fourth-order valence-electron chi connectivity index (χ4n) is 1.54. The molecule has 1 unspecified atom stereocenters. The average Bonchev–Trinajstić information content (AvgIpc) is 1.96. The van der Waals surface area contributed by atoms with E-state index in [9.17, 15) is 0 Å². The fourth-order valence-corrected chi connectivity index (χ4v) is 1.89. The van der Waals surface area contributed by atoms with Crippen molar-refractivity contribution in [2.45, 2.75) is 51.1 Å². The van der Waals surface area contributed by atoms with Crippen molar-refractivity contribution in [3.05, 3.63) is 0 Å². The van der Waals surface area contributed by atoms with Crippen molar-refractivity contribution in [3.63, 3.8) is 0 Å². The van der Waals surface area contributed by atoms with E-state index in [0.29, 0.717) is 11.6 Å². The van der Waals surface area contributed by atoms with Crippen LogP contribution in [0.5, 0.6) is 0 Å². The molecule has 0 aliphatic heterocycles. The quantitative estimate of drug-likeness (QED) is 0.648. The van der Waals surface area contributed by atoms with Crippen molar-refractivity contribution in [1.29, 1.82) is 0 Å². The SMILES string of the molecule is CCC(C)NC1(CCl)CCC1. The molecule has 1 rings (SSSR count). The van der Waals surface area contributed by atoms with E-state index >= 15 is 0 Å². The van der Waals surface area contributed by atoms with E-state index in [1.165, 1.54) is 25.7 Å². The van der Waals surface area contributed by atoms with Crippen LogP contribution in [-0.4, -0.2) is 17.5 Å². The maximum absolute atomic E-state index is 5.90. The fraction of sp³-hybridized carbons (Fsp3) is 1.00. The molecule has 66 valence electrons. The van der Waals surface area contributed by atoms with E-state index in [0.717, 1.165) is 5.88 Å². The lowest BCUT2D eigenvalue weighted by Crippen LogP contribution is -2.55. The van der Waals surface area contributed by atoms with Gasteiger partial charge in [0.15, 0.2) is 0 Å². The number of rotatable bonds is 4. The predicted octanol–water partition coefficient (Wildman–Crippen LogP) is 2.54. The Kier molecular flexibility index (Phi) is 3.20. The van der Waals surface area contributed by atoms with Crippen LogP contribution in [-0.2, 0) is 0 Å². The standard InChI is InChI=1S/C9H18ClN/c1-3-8(2)11-9(7-10)5-4-6-9/h8,11H,3-7H2,1-2H3. The van der Waals surface area contributed by atoms with Gasteiger partial charge in [0, 0.05) is 17.5 Å². The molecular formula is C9H18ClN. The van der Waals surface area contributed by atoms with Crippen LogP contribution in [0.3, 0.4) is 0 Å². The first kappa shape index (κ1) is 9.34. The lowest BCUT2D eigenvalue weighted by Gasteiger charge is -2.43. The van der Waals surface area contributed by atoms with Crippen molar-refractivity contribution in [2.75, 3.05) is 5.88 Å². The van der Waals surface area contributed by atoms with Gasteiger partial charge in [-0.1, -0.05) is 6.92 Å². The maximum Gasteiger partial charge on any atom is 0.0406 e. The van der Waals surface area contributed by atoms with Gasteiger partial charge in [0.2, 0.25) is 0 Å². The van der Waals surface area contributed by atoms with Gasteiger partial charge in [-0.3, -0.25) is 0 Å². The molecule has 0 aromatic carbocycles. The van der Waals surface area contributed by atoms with Crippen LogP contribution < -0.4 is 5.32 Å². The first-order valence-electron chi connectivity index (χ1n) is 4.56. The molecule has 1 saturated carbocycles. The van der Waals surface area contributed by atoms with Crippen LogP contribution in [0.4, 0.5) is 0 Å². The molecule has 0 spiro atoms. The highest BCUT2D eigenvalue weighted by atomic mass is 35.5. The Balaban J connectivity index is 2.32. The lowest BCUT2D eigenvalue weighted by molar-refractivity contribution is 0.191. The van der Waals surface area contributed by atoms with E-state index in [4.69, 9.17) is 11.6 Å². The second-order valence-electron chi connectivity index (χ2n) is 3.72. The third-order valence-electron chi connectivity index (χ3n) is 2.73. The summed E-state index contributed by atoms with van der Waals surface area (Å²) in [5.41, 5.74) is 0.303. The first-order valence-corrected chi connectivity index (χ1v) is 5.09. The van der Waals surface area contributed by atoms with Gasteiger partial charge in [-0.05, 0) is 32.6 Å². The summed E-state index contributed by atoms with van der Waals surface area (Å²) in [4.78, 5) is 0. The summed E-state index contributed by atoms with van der Waals surface area (Å²) in [5.74, 6) is 0.775. The summed E-state index contributed by atoms with van der Waals surface area (Å²) in [6, 6.07) is 0.619. The Morgan fingerprint density at radius 3 is 2.45 bits per heavy atom. The summed E-state index contributed by atoms with van der Waals surface area (Å²) in [6.07, 6.45) is 5.07. The summed E-state index contributed by atoms with van der Waals surface area (Å²) in [6.45, 7) is 4.44. The molecule has 1 aliphatic rings. The molecule has 1 aliphatic carbocycles. The predicted molar refractivity (Wildman–Crippen MR) is 50.2 cm³/mol. The molecular weight excluding hydrogens is 158 g/mol. The summed E-state index contributed by atoms with van der Waals surface area (Å²) in [5, 5.41) is 3.60. The zero-order valence-corrected chi connectivity index (χ0v) is 8.25. The highest BCUT2D eigenvalue weighted by molar-refractivity contribution is 6.18. The molecule has 0 aromatic rings. The van der Waals surface area contributed by atoms with Gasteiger partial charge >= 0.3 is 0 Å². The van der Waals surface area contributed by atoms with Crippen LogP contribution in [0.25, 0.3) is 0 Å². The maximum atomic E-state index is 5.90. The van der Waals surface area contributed by atoms with E-state index in [2.05, 4.69) is 19.2 Å². The van der Waals surface area contributed by atoms with Gasteiger partial charge in [-0.2, -0.15) is 0 Å². The average molecular weight is 176 g/mol. The van der Waals surface area contributed by atoms with E-state index in [1.54, 1.807) is 0 Å². The zero-order chi connectivity index (χ0) is 8.32. The lowest BCUT2D eigenvalue weighted by atomic mass is 9.78. The highest BCUT2D eigenvalue weighted by Crippen LogP contribution is 2.33. The third kappa shape index (κ3) is 2.09. The molecule has 1 fully saturated rings. The summed E-state index contributed by atoms with van der Waals surface area (Å²) >= 11 is 5.90. The molecule has 11 heavy (non-hydrogen) atoms. The molecule has 0 heterocycles. The van der Waals surface area contributed by atoms with Gasteiger partial charge in [-0.25, -0.2) is 0 Å². The van der Waals surface area contributed by atoms with Crippen LogP contribution in [0.15, 0.2) is 0 Å². The normalized spacial score (nSPS) is 24.3. The third-order valence-corrected chi connectivity index (χ3v) is 3.24. The number of alkyl halides is 1. The topological polar surface area (TPSA) is 12.0 Å². The van der Waals surface area contributed by atoms with E-state index in [-0.39, 0.29) is 0 Å². The Morgan fingerprint density at radius 1 is 1.55 bits per heavy atom. The Labute approximate surface area is 74.5 Å². The molecule has 2 heteroatoms. The zero-order valence-electron chi connectivity index (χ0n) is 7.49. The van der Waals surface area contributed by atoms with Crippen molar-refractivity contribution in [3.8, 4) is 0 Å². The minimum atomic E-state index is 0.303. The Bertz CT molecular complexity index is 115. The highest BCUT2D eigenvalue weighted by Gasteiger charge is 2.36. The van der Waals surface area contributed by atoms with Crippen molar-refractivity contribution in [1.82, 2.24) is 5.32 Å². The number of nitrogens with one attached hydrogen (secondary N) is 1. The monoisotopic (exact) mass is 175 g/mol. The van der Waals surface area contributed by atoms with Crippen LogP contribution >= 0.6 is 11.6 Å².